The molecule has 0 fully saturated rings. The van der Waals surface area contributed by atoms with Gasteiger partial charge >= 0.3 is 12.1 Å². The molecule has 0 saturated heterocycles. The monoisotopic (exact) mass is 229 g/mol. The van der Waals surface area contributed by atoms with E-state index in [0.29, 0.717) is 0 Å². The Morgan fingerprint density at radius 2 is 2.00 bits per heavy atom. The Morgan fingerprint density at radius 1 is 1.47 bits per heavy atom. The summed E-state index contributed by atoms with van der Waals surface area (Å²) in [5.74, 6) is -1.37. The van der Waals surface area contributed by atoms with Crippen LogP contribution in [0, 0.1) is 0 Å². The Morgan fingerprint density at radius 3 is 2.33 bits per heavy atom. The van der Waals surface area contributed by atoms with Crippen molar-refractivity contribution in [2.24, 2.45) is 0 Å². The van der Waals surface area contributed by atoms with E-state index in [9.17, 15) is 18.0 Å². The second kappa shape index (κ2) is 5.32. The molecule has 0 rings (SSSR count). The quantitative estimate of drug-likeness (QED) is 0.713. The smallest absolute Gasteiger partial charge is 0.401 e. The molecule has 1 unspecified atom stereocenters. The molecule has 0 aliphatic rings. The Kier molecular flexibility index (Phi) is 5.02. The van der Waals surface area contributed by atoms with Crippen LogP contribution < -0.4 is 5.32 Å². The topological polar surface area (TPSA) is 58.6 Å². The lowest BCUT2D eigenvalue weighted by Gasteiger charge is -2.26. The average molecular weight is 229 g/mol. The van der Waals surface area contributed by atoms with E-state index in [1.807, 2.05) is 5.32 Å². The molecule has 1 atom stereocenters. The van der Waals surface area contributed by atoms with Crippen molar-refractivity contribution in [2.75, 3.05) is 19.8 Å². The van der Waals surface area contributed by atoms with Crippen LogP contribution in [0.5, 0.6) is 0 Å². The Bertz CT molecular complexity index is 220. The highest BCUT2D eigenvalue weighted by atomic mass is 19.4. The largest absolute Gasteiger partial charge is 0.480 e. The Labute approximate surface area is 85.4 Å². The van der Waals surface area contributed by atoms with Crippen LogP contribution in [-0.2, 0) is 9.53 Å². The van der Waals surface area contributed by atoms with Crippen molar-refractivity contribution in [3.8, 4) is 0 Å². The van der Waals surface area contributed by atoms with Crippen molar-refractivity contribution < 1.29 is 27.8 Å². The van der Waals surface area contributed by atoms with Crippen LogP contribution in [0.25, 0.3) is 0 Å². The zero-order chi connectivity index (χ0) is 12.1. The summed E-state index contributed by atoms with van der Waals surface area (Å²) in [6.07, 6.45) is -4.44. The van der Waals surface area contributed by atoms with Crippen LogP contribution in [-0.4, -0.2) is 42.5 Å². The third-order valence-corrected chi connectivity index (χ3v) is 1.75. The number of carboxylic acids is 1. The average Bonchev–Trinajstić information content (AvgIpc) is 2.10. The molecule has 0 saturated carbocycles. The Balaban J connectivity index is 4.32. The van der Waals surface area contributed by atoms with E-state index in [-0.39, 0.29) is 13.2 Å². The van der Waals surface area contributed by atoms with Gasteiger partial charge in [-0.3, -0.25) is 10.1 Å². The van der Waals surface area contributed by atoms with E-state index in [4.69, 9.17) is 9.84 Å². The molecule has 0 bridgehead atoms. The number of ether oxygens (including phenoxy) is 1. The molecule has 4 nitrogen and oxygen atoms in total. The van der Waals surface area contributed by atoms with Crippen molar-refractivity contribution in [1.29, 1.82) is 0 Å². The predicted octanol–water partition coefficient (Wildman–Crippen LogP) is 1.02. The molecule has 0 aromatic carbocycles. The molecule has 0 aromatic rings. The summed E-state index contributed by atoms with van der Waals surface area (Å²) in [7, 11) is 0. The summed E-state index contributed by atoms with van der Waals surface area (Å²) in [5.41, 5.74) is -1.72. The lowest BCUT2D eigenvalue weighted by molar-refractivity contribution is -0.152. The van der Waals surface area contributed by atoms with Crippen molar-refractivity contribution in [3.63, 3.8) is 0 Å². The SMILES string of the molecule is CCOCC(C)(NCC(F)(F)F)C(=O)O. The second-order valence-electron chi connectivity index (χ2n) is 3.24. The number of rotatable bonds is 6. The van der Waals surface area contributed by atoms with Crippen molar-refractivity contribution >= 4 is 5.97 Å². The number of nitrogens with one attached hydrogen (secondary N) is 1. The van der Waals surface area contributed by atoms with Gasteiger partial charge in [0.2, 0.25) is 0 Å². The van der Waals surface area contributed by atoms with Crippen LogP contribution in [0.4, 0.5) is 13.2 Å². The van der Waals surface area contributed by atoms with Gasteiger partial charge in [0.1, 0.15) is 5.54 Å². The van der Waals surface area contributed by atoms with E-state index in [2.05, 4.69) is 0 Å². The third-order valence-electron chi connectivity index (χ3n) is 1.75. The van der Waals surface area contributed by atoms with Gasteiger partial charge < -0.3 is 9.84 Å². The van der Waals surface area contributed by atoms with Gasteiger partial charge in [0.15, 0.2) is 0 Å². The first-order valence-electron chi connectivity index (χ1n) is 4.34. The number of hydrogen-bond acceptors (Lipinski definition) is 3. The van der Waals surface area contributed by atoms with Crippen molar-refractivity contribution in [1.82, 2.24) is 5.32 Å². The lowest BCUT2D eigenvalue weighted by atomic mass is 10.0. The molecule has 0 aliphatic carbocycles. The highest BCUT2D eigenvalue weighted by Crippen LogP contribution is 2.15. The highest BCUT2D eigenvalue weighted by molar-refractivity contribution is 5.78. The summed E-state index contributed by atoms with van der Waals surface area (Å²) in [5, 5.41) is 10.7. The molecular formula is C8H14F3NO3. The third kappa shape index (κ3) is 5.58. The first-order chi connectivity index (χ1) is 6.71. The van der Waals surface area contributed by atoms with Crippen LogP contribution in [0.2, 0.25) is 0 Å². The number of aliphatic carboxylic acids is 1. The van der Waals surface area contributed by atoms with Gasteiger partial charge in [0.25, 0.3) is 0 Å². The first kappa shape index (κ1) is 14.2. The molecule has 0 aliphatic heterocycles. The van der Waals surface area contributed by atoms with E-state index in [0.717, 1.165) is 6.92 Å². The van der Waals surface area contributed by atoms with E-state index in [1.54, 1.807) is 6.92 Å². The minimum absolute atomic E-state index is 0.247. The van der Waals surface area contributed by atoms with Gasteiger partial charge in [-0.15, -0.1) is 0 Å². The van der Waals surface area contributed by atoms with E-state index < -0.39 is 24.2 Å². The zero-order valence-electron chi connectivity index (χ0n) is 8.52. The van der Waals surface area contributed by atoms with Crippen LogP contribution in [0.1, 0.15) is 13.8 Å². The number of alkyl halides is 3. The summed E-state index contributed by atoms with van der Waals surface area (Å²) in [6, 6.07) is 0. The Hall–Kier alpha value is -0.820. The minimum Gasteiger partial charge on any atom is -0.480 e. The molecule has 0 amide bonds. The summed E-state index contributed by atoms with van der Waals surface area (Å²) >= 11 is 0. The molecule has 0 heterocycles. The first-order valence-corrected chi connectivity index (χ1v) is 4.34. The minimum atomic E-state index is -4.44. The van der Waals surface area contributed by atoms with Gasteiger partial charge in [-0.25, -0.2) is 0 Å². The summed E-state index contributed by atoms with van der Waals surface area (Å²) in [4.78, 5) is 10.7. The molecule has 0 radical (unpaired) electrons. The van der Waals surface area contributed by atoms with Gasteiger partial charge in [0.05, 0.1) is 13.2 Å². The lowest BCUT2D eigenvalue weighted by Crippen LogP contribution is -2.55. The standard InChI is InChI=1S/C8H14F3NO3/c1-3-15-5-7(2,6(13)14)12-4-8(9,10)11/h12H,3-5H2,1-2H3,(H,13,14). The van der Waals surface area contributed by atoms with Crippen LogP contribution in [0.15, 0.2) is 0 Å². The maximum absolute atomic E-state index is 11.9. The molecule has 90 valence electrons. The summed E-state index contributed by atoms with van der Waals surface area (Å²) < 4.78 is 40.4. The van der Waals surface area contributed by atoms with Crippen molar-refractivity contribution in [2.45, 2.75) is 25.6 Å². The molecule has 2 N–H and O–H groups in total. The second-order valence-corrected chi connectivity index (χ2v) is 3.24. The normalized spacial score (nSPS) is 16.1. The molecule has 7 heteroatoms. The number of carboxylic acid groups (broad SMARTS) is 1. The number of hydrogen-bond donors (Lipinski definition) is 2. The van der Waals surface area contributed by atoms with Crippen LogP contribution >= 0.6 is 0 Å². The van der Waals surface area contributed by atoms with Gasteiger partial charge in [-0.05, 0) is 13.8 Å². The number of halogens is 3. The highest BCUT2D eigenvalue weighted by Gasteiger charge is 2.37. The van der Waals surface area contributed by atoms with E-state index in [1.165, 1.54) is 0 Å². The molecular weight excluding hydrogens is 215 g/mol. The van der Waals surface area contributed by atoms with Crippen LogP contribution in [0.3, 0.4) is 0 Å². The van der Waals surface area contributed by atoms with Gasteiger partial charge in [-0.1, -0.05) is 0 Å². The summed E-state index contributed by atoms with van der Waals surface area (Å²) in [6.45, 7) is 1.36. The van der Waals surface area contributed by atoms with Crippen molar-refractivity contribution in [3.05, 3.63) is 0 Å². The van der Waals surface area contributed by atoms with E-state index >= 15 is 0 Å². The van der Waals surface area contributed by atoms with Gasteiger partial charge in [0, 0.05) is 6.61 Å². The molecule has 15 heavy (non-hydrogen) atoms. The molecule has 0 aromatic heterocycles. The zero-order valence-corrected chi connectivity index (χ0v) is 8.52. The fraction of sp³-hybridized carbons (Fsp3) is 0.875. The molecule has 0 spiro atoms. The van der Waals surface area contributed by atoms with Gasteiger partial charge in [-0.2, -0.15) is 13.2 Å². The fourth-order valence-corrected chi connectivity index (χ4v) is 0.790. The maximum atomic E-state index is 11.9. The predicted molar refractivity (Wildman–Crippen MR) is 46.6 cm³/mol. The fourth-order valence-electron chi connectivity index (χ4n) is 0.790. The number of carbonyl (C=O) groups is 1. The maximum Gasteiger partial charge on any atom is 0.401 e.